The van der Waals surface area contributed by atoms with Crippen molar-refractivity contribution in [1.82, 2.24) is 9.99 Å². The van der Waals surface area contributed by atoms with E-state index in [1.54, 1.807) is 30.6 Å². The van der Waals surface area contributed by atoms with Crippen LogP contribution < -0.4 is 14.2 Å². The maximum absolute atomic E-state index is 12.8. The maximum atomic E-state index is 12.8. The first-order valence-electron chi connectivity index (χ1n) is 11.1. The number of carbonyl (C=O) groups is 1. The molecule has 0 saturated carbocycles. The topological polar surface area (TPSA) is 109 Å². The lowest BCUT2D eigenvalue weighted by Gasteiger charge is -2.20. The zero-order valence-corrected chi connectivity index (χ0v) is 21.1. The summed E-state index contributed by atoms with van der Waals surface area (Å²) in [7, 11) is 1.50. The van der Waals surface area contributed by atoms with Crippen LogP contribution in [0.4, 0.5) is 0 Å². The van der Waals surface area contributed by atoms with Gasteiger partial charge in [0.1, 0.15) is 24.0 Å². The Bertz CT molecular complexity index is 1440. The number of nitrogens with one attached hydrogen (secondary N) is 1. The van der Waals surface area contributed by atoms with Crippen molar-refractivity contribution in [3.63, 3.8) is 0 Å². The summed E-state index contributed by atoms with van der Waals surface area (Å²) in [6, 6.07) is 16.4. The molecule has 0 saturated heterocycles. The SMILES string of the molecule is COc1cc(/C=C2/C(=N)N3N=C(c4cccnc4)SC3=NC2=O)cc(Cl)c1OCCOc1ccccc1. The molecule has 0 atom stereocenters. The number of thioether (sulfide) groups is 1. The standard InChI is InChI=1S/C26H20ClN5O4S/c1-34-21-14-16(13-20(27)22(21)36-11-10-35-18-7-3-2-4-8-18)12-19-23(28)32-26(30-24(19)33)37-25(31-32)17-6-5-9-29-15-17/h2-9,12-15,28H,10-11H2,1H3/b19-12-,28-23?. The summed E-state index contributed by atoms with van der Waals surface area (Å²) < 4.78 is 16.9. The van der Waals surface area contributed by atoms with Crippen LogP contribution in [-0.4, -0.2) is 52.3 Å². The minimum absolute atomic E-state index is 0.0728. The Kier molecular flexibility index (Phi) is 7.20. The molecule has 0 spiro atoms. The molecule has 0 unspecified atom stereocenters. The number of ether oxygens (including phenoxy) is 3. The lowest BCUT2D eigenvalue weighted by molar-refractivity contribution is -0.114. The molecular formula is C26H20ClN5O4S. The average molecular weight is 534 g/mol. The van der Waals surface area contributed by atoms with E-state index >= 15 is 0 Å². The second-order valence-electron chi connectivity index (χ2n) is 7.71. The van der Waals surface area contributed by atoms with Crippen molar-refractivity contribution in [1.29, 1.82) is 5.41 Å². The molecule has 37 heavy (non-hydrogen) atoms. The van der Waals surface area contributed by atoms with Crippen molar-refractivity contribution in [2.75, 3.05) is 20.3 Å². The van der Waals surface area contributed by atoms with Crippen molar-refractivity contribution in [3.8, 4) is 17.2 Å². The number of hydrazone groups is 1. The van der Waals surface area contributed by atoms with Gasteiger partial charge in [-0.1, -0.05) is 29.8 Å². The fourth-order valence-electron chi connectivity index (χ4n) is 3.55. The van der Waals surface area contributed by atoms with Crippen LogP contribution in [0.25, 0.3) is 6.08 Å². The molecule has 11 heteroatoms. The van der Waals surface area contributed by atoms with E-state index in [2.05, 4.69) is 15.1 Å². The molecule has 3 aromatic rings. The van der Waals surface area contributed by atoms with E-state index < -0.39 is 5.91 Å². The Hall–Kier alpha value is -4.15. The van der Waals surface area contributed by atoms with Gasteiger partial charge >= 0.3 is 0 Å². The summed E-state index contributed by atoms with van der Waals surface area (Å²) in [4.78, 5) is 21.0. The van der Waals surface area contributed by atoms with Crippen molar-refractivity contribution in [3.05, 3.63) is 88.7 Å². The number of fused-ring (bicyclic) bond motifs is 1. The molecule has 9 nitrogen and oxygen atoms in total. The summed E-state index contributed by atoms with van der Waals surface area (Å²) in [5, 5.41) is 15.6. The number of amidine groups is 2. The van der Waals surface area contributed by atoms with E-state index in [9.17, 15) is 4.79 Å². The van der Waals surface area contributed by atoms with Gasteiger partial charge < -0.3 is 14.2 Å². The number of nitrogens with zero attached hydrogens (tertiary/aromatic N) is 4. The van der Waals surface area contributed by atoms with Crippen LogP contribution in [0.2, 0.25) is 5.02 Å². The van der Waals surface area contributed by atoms with E-state index in [1.807, 2.05) is 36.4 Å². The highest BCUT2D eigenvalue weighted by Crippen LogP contribution is 2.38. The van der Waals surface area contributed by atoms with Crippen LogP contribution in [0, 0.1) is 5.41 Å². The number of methoxy groups -OCH3 is 1. The van der Waals surface area contributed by atoms with Gasteiger partial charge in [-0.3, -0.25) is 15.2 Å². The highest BCUT2D eigenvalue weighted by molar-refractivity contribution is 8.27. The average Bonchev–Trinajstić information content (AvgIpc) is 3.35. The van der Waals surface area contributed by atoms with Gasteiger partial charge in [-0.25, -0.2) is 0 Å². The third-order valence-corrected chi connectivity index (χ3v) is 6.51. The fourth-order valence-corrected chi connectivity index (χ4v) is 4.70. The number of benzene rings is 2. The monoisotopic (exact) mass is 533 g/mol. The Morgan fingerprint density at radius 2 is 1.92 bits per heavy atom. The van der Waals surface area contributed by atoms with E-state index in [1.165, 1.54) is 30.0 Å². The number of halogens is 1. The molecule has 5 rings (SSSR count). The molecule has 2 aliphatic heterocycles. The molecule has 1 amide bonds. The molecule has 1 N–H and O–H groups in total. The molecule has 1 aromatic heterocycles. The minimum Gasteiger partial charge on any atom is -0.493 e. The number of hydrogen-bond acceptors (Lipinski definition) is 8. The first-order chi connectivity index (χ1) is 18.0. The Morgan fingerprint density at radius 3 is 2.68 bits per heavy atom. The lowest BCUT2D eigenvalue weighted by atomic mass is 10.1. The van der Waals surface area contributed by atoms with Gasteiger partial charge in [0.2, 0.25) is 5.17 Å². The van der Waals surface area contributed by atoms with E-state index in [-0.39, 0.29) is 18.0 Å². The highest BCUT2D eigenvalue weighted by atomic mass is 35.5. The number of carbonyl (C=O) groups excluding carboxylic acids is 1. The second-order valence-corrected chi connectivity index (χ2v) is 9.07. The van der Waals surface area contributed by atoms with Gasteiger partial charge in [-0.15, -0.1) is 0 Å². The Morgan fingerprint density at radius 1 is 1.11 bits per heavy atom. The summed E-state index contributed by atoms with van der Waals surface area (Å²) in [5.41, 5.74) is 1.39. The number of pyridine rings is 1. The van der Waals surface area contributed by atoms with Gasteiger partial charge in [0.15, 0.2) is 17.3 Å². The van der Waals surface area contributed by atoms with E-state index in [0.717, 1.165) is 11.3 Å². The molecule has 2 aliphatic rings. The first kappa shape index (κ1) is 24.5. The van der Waals surface area contributed by atoms with Crippen molar-refractivity contribution in [2.45, 2.75) is 0 Å². The number of amides is 1. The summed E-state index contributed by atoms with van der Waals surface area (Å²) in [6.07, 6.45) is 4.86. The molecule has 0 bridgehead atoms. The Balaban J connectivity index is 1.33. The molecule has 2 aromatic carbocycles. The molecular weight excluding hydrogens is 514 g/mol. The van der Waals surface area contributed by atoms with Gasteiger partial charge in [-0.2, -0.15) is 15.1 Å². The number of hydrogen-bond donors (Lipinski definition) is 1. The van der Waals surface area contributed by atoms with Gasteiger partial charge in [0.25, 0.3) is 5.91 Å². The van der Waals surface area contributed by atoms with Crippen LogP contribution >= 0.6 is 23.4 Å². The quantitative estimate of drug-likeness (QED) is 0.325. The normalized spacial score (nSPS) is 15.8. The molecule has 3 heterocycles. The van der Waals surface area contributed by atoms with Crippen molar-refractivity contribution < 1.29 is 19.0 Å². The van der Waals surface area contributed by atoms with Crippen LogP contribution in [0.15, 0.2) is 82.7 Å². The van der Waals surface area contributed by atoms with Gasteiger partial charge in [0, 0.05) is 18.0 Å². The smallest absolute Gasteiger partial charge is 0.283 e. The van der Waals surface area contributed by atoms with Crippen LogP contribution in [-0.2, 0) is 4.79 Å². The number of aromatic nitrogens is 1. The number of aliphatic imine (C=N–C) groups is 1. The van der Waals surface area contributed by atoms with Crippen molar-refractivity contribution in [2.24, 2.45) is 10.1 Å². The highest BCUT2D eigenvalue weighted by Gasteiger charge is 2.36. The minimum atomic E-state index is -0.542. The number of para-hydroxylation sites is 1. The van der Waals surface area contributed by atoms with Gasteiger partial charge in [-0.05, 0) is 59.8 Å². The van der Waals surface area contributed by atoms with Crippen LogP contribution in [0.5, 0.6) is 17.2 Å². The largest absolute Gasteiger partial charge is 0.493 e. The zero-order valence-electron chi connectivity index (χ0n) is 19.6. The Labute approximate surface area is 221 Å². The summed E-state index contributed by atoms with van der Waals surface area (Å²) >= 11 is 7.70. The molecule has 186 valence electrons. The molecule has 0 aliphatic carbocycles. The van der Waals surface area contributed by atoms with Crippen LogP contribution in [0.3, 0.4) is 0 Å². The third kappa shape index (κ3) is 5.35. The predicted molar refractivity (Wildman–Crippen MR) is 144 cm³/mol. The van der Waals surface area contributed by atoms with E-state index in [4.69, 9.17) is 31.2 Å². The van der Waals surface area contributed by atoms with Crippen molar-refractivity contribution >= 4 is 51.4 Å². The van der Waals surface area contributed by atoms with E-state index in [0.29, 0.717) is 38.9 Å². The fraction of sp³-hybridized carbons (Fsp3) is 0.115. The first-order valence-corrected chi connectivity index (χ1v) is 12.3. The second kappa shape index (κ2) is 10.9. The third-order valence-electron chi connectivity index (χ3n) is 5.27. The molecule has 0 radical (unpaired) electrons. The summed E-state index contributed by atoms with van der Waals surface area (Å²) in [6.45, 7) is 0.562. The van der Waals surface area contributed by atoms with Crippen LogP contribution in [0.1, 0.15) is 11.1 Å². The summed E-state index contributed by atoms with van der Waals surface area (Å²) in [5.74, 6) is 0.848. The predicted octanol–water partition coefficient (Wildman–Crippen LogP) is 4.87. The zero-order chi connectivity index (χ0) is 25.8. The molecule has 0 fully saturated rings. The number of rotatable bonds is 8. The van der Waals surface area contributed by atoms with Gasteiger partial charge in [0.05, 0.1) is 17.7 Å². The maximum Gasteiger partial charge on any atom is 0.283 e. The lowest BCUT2D eigenvalue weighted by Crippen LogP contribution is -2.35.